The molecule has 2 heterocycles. The van der Waals surface area contributed by atoms with E-state index in [2.05, 4.69) is 38.2 Å². The fourth-order valence-electron chi connectivity index (χ4n) is 3.65. The molecule has 1 saturated heterocycles. The lowest BCUT2D eigenvalue weighted by Gasteiger charge is -2.18. The first-order valence-electron chi connectivity index (χ1n) is 10.7. The van der Waals surface area contributed by atoms with Gasteiger partial charge < -0.3 is 15.5 Å². The summed E-state index contributed by atoms with van der Waals surface area (Å²) in [6.45, 7) is 1.80. The number of aromatic nitrogens is 1. The van der Waals surface area contributed by atoms with E-state index < -0.39 is 0 Å². The highest BCUT2D eigenvalue weighted by molar-refractivity contribution is 14.1. The summed E-state index contributed by atoms with van der Waals surface area (Å²) in [6.07, 6.45) is 3.94. The van der Waals surface area contributed by atoms with Gasteiger partial charge in [-0.2, -0.15) is 0 Å². The number of halogens is 1. The maximum Gasteiger partial charge on any atom is 0.258 e. The number of hydrogen-bond donors (Lipinski definition) is 3. The van der Waals surface area contributed by atoms with Crippen molar-refractivity contribution in [1.82, 2.24) is 9.88 Å². The van der Waals surface area contributed by atoms with Crippen molar-refractivity contribution in [3.05, 3.63) is 89.1 Å². The number of likely N-dealkylation sites (tertiary alicyclic amines) is 1. The Balaban J connectivity index is 1.45. The number of anilines is 2. The zero-order valence-corrected chi connectivity index (χ0v) is 20.1. The molecule has 1 fully saturated rings. The molecule has 1 aliphatic heterocycles. The van der Waals surface area contributed by atoms with Crippen LogP contribution in [0.2, 0.25) is 0 Å². The predicted octanol–water partition coefficient (Wildman–Crippen LogP) is 4.94. The van der Waals surface area contributed by atoms with Gasteiger partial charge in [0, 0.05) is 34.8 Å². The van der Waals surface area contributed by atoms with Gasteiger partial charge in [-0.05, 0) is 48.7 Å². The summed E-state index contributed by atoms with van der Waals surface area (Å²) in [6, 6.07) is 17.5. The molecule has 0 saturated carbocycles. The van der Waals surface area contributed by atoms with Gasteiger partial charge in [-0.3, -0.25) is 15.0 Å². The molecule has 0 spiro atoms. The summed E-state index contributed by atoms with van der Waals surface area (Å²) < 4.78 is 0.841. The lowest BCUT2D eigenvalue weighted by atomic mass is 10.1. The van der Waals surface area contributed by atoms with Crippen molar-refractivity contribution >= 4 is 51.7 Å². The van der Waals surface area contributed by atoms with Crippen molar-refractivity contribution < 1.29 is 9.59 Å². The summed E-state index contributed by atoms with van der Waals surface area (Å²) in [5.74, 6) is 0.265. The van der Waals surface area contributed by atoms with Gasteiger partial charge in [-0.1, -0.05) is 52.9 Å². The van der Waals surface area contributed by atoms with Crippen LogP contribution in [0.15, 0.2) is 66.9 Å². The fourth-order valence-corrected chi connectivity index (χ4v) is 4.10. The van der Waals surface area contributed by atoms with Crippen LogP contribution in [0.1, 0.15) is 44.7 Å². The number of pyridine rings is 1. The van der Waals surface area contributed by atoms with Crippen molar-refractivity contribution in [1.29, 1.82) is 5.41 Å². The van der Waals surface area contributed by atoms with Crippen LogP contribution < -0.4 is 10.6 Å². The molecule has 4 rings (SSSR count). The van der Waals surface area contributed by atoms with E-state index in [0.29, 0.717) is 28.5 Å². The van der Waals surface area contributed by atoms with Crippen molar-refractivity contribution in [2.75, 3.05) is 23.7 Å². The minimum absolute atomic E-state index is 0.320. The first-order chi connectivity index (χ1) is 16.0. The summed E-state index contributed by atoms with van der Waals surface area (Å²) >= 11 is 2.25. The molecule has 33 heavy (non-hydrogen) atoms. The van der Waals surface area contributed by atoms with Crippen LogP contribution in [0.3, 0.4) is 0 Å². The lowest BCUT2D eigenvalue weighted by Crippen LogP contribution is -2.27. The third-order valence-corrected chi connectivity index (χ3v) is 6.36. The zero-order valence-electron chi connectivity index (χ0n) is 18.0. The highest BCUT2D eigenvalue weighted by Gasteiger charge is 2.18. The molecule has 0 atom stereocenters. The second-order valence-corrected chi connectivity index (χ2v) is 8.52. The van der Waals surface area contributed by atoms with E-state index in [-0.39, 0.29) is 11.8 Å². The van der Waals surface area contributed by atoms with Crippen LogP contribution in [0, 0.1) is 5.41 Å². The number of alkyl halides is 1. The van der Waals surface area contributed by atoms with Crippen LogP contribution >= 0.6 is 22.6 Å². The fraction of sp³-hybridized carbons (Fsp3) is 0.200. The third-order valence-electron chi connectivity index (χ3n) is 5.48. The largest absolute Gasteiger partial charge is 0.357 e. The summed E-state index contributed by atoms with van der Waals surface area (Å²) in [7, 11) is 0. The van der Waals surface area contributed by atoms with Gasteiger partial charge in [0.15, 0.2) is 0 Å². The number of amidine groups is 1. The molecule has 0 bridgehead atoms. The van der Waals surface area contributed by atoms with Crippen LogP contribution in [-0.4, -0.2) is 40.6 Å². The molecule has 168 valence electrons. The topological polar surface area (TPSA) is 98.2 Å². The Kier molecular flexibility index (Phi) is 7.33. The van der Waals surface area contributed by atoms with Crippen molar-refractivity contribution in [3.8, 4) is 0 Å². The minimum atomic E-state index is -0.352. The number of carbonyl (C=O) groups excluding carboxylic acids is 2. The number of para-hydroxylation sites is 1. The van der Waals surface area contributed by atoms with Gasteiger partial charge >= 0.3 is 0 Å². The van der Waals surface area contributed by atoms with Gasteiger partial charge in [-0.25, -0.2) is 4.98 Å². The van der Waals surface area contributed by atoms with Crippen LogP contribution in [0.4, 0.5) is 11.5 Å². The number of nitrogens with one attached hydrogen (secondary N) is 3. The first kappa shape index (κ1) is 22.9. The molecule has 2 amide bonds. The van der Waals surface area contributed by atoms with E-state index in [9.17, 15) is 9.59 Å². The molecule has 3 aromatic rings. The van der Waals surface area contributed by atoms with Crippen molar-refractivity contribution in [2.45, 2.75) is 17.3 Å². The standard InChI is InChI=1S/C25H24IN5O2/c26-15-17-7-12-22(28-16-17)30-25(33)20-5-1-2-6-21(20)29-24(32)19-10-8-18(9-11-19)23(27)31-13-3-4-14-31/h1-2,5-12,16,27H,3-4,13-15H2,(H,29,32)(H,28,30,33). The zero-order chi connectivity index (χ0) is 23.2. The van der Waals surface area contributed by atoms with Gasteiger partial charge in [0.05, 0.1) is 11.3 Å². The predicted molar refractivity (Wildman–Crippen MR) is 138 cm³/mol. The van der Waals surface area contributed by atoms with E-state index >= 15 is 0 Å². The SMILES string of the molecule is N=C(c1ccc(C(=O)Nc2ccccc2C(=O)Nc2ccc(CI)cn2)cc1)N1CCCC1. The Hall–Kier alpha value is -3.27. The Bertz CT molecular complexity index is 1160. The van der Waals surface area contributed by atoms with E-state index in [1.807, 2.05) is 11.0 Å². The van der Waals surface area contributed by atoms with Crippen LogP contribution in [-0.2, 0) is 4.43 Å². The van der Waals surface area contributed by atoms with Crippen LogP contribution in [0.25, 0.3) is 0 Å². The monoisotopic (exact) mass is 553 g/mol. The minimum Gasteiger partial charge on any atom is -0.357 e. The van der Waals surface area contributed by atoms with Gasteiger partial charge in [0.25, 0.3) is 11.8 Å². The average Bonchev–Trinajstić information content (AvgIpc) is 3.39. The number of carbonyl (C=O) groups is 2. The molecule has 1 aliphatic rings. The molecule has 3 N–H and O–H groups in total. The summed E-state index contributed by atoms with van der Waals surface area (Å²) in [5, 5.41) is 14.0. The molecule has 0 aliphatic carbocycles. The molecular formula is C25H24IN5O2. The smallest absolute Gasteiger partial charge is 0.258 e. The molecule has 1 aromatic heterocycles. The number of rotatable bonds is 6. The Labute approximate surface area is 206 Å². The Morgan fingerprint density at radius 1 is 0.909 bits per heavy atom. The van der Waals surface area contributed by atoms with E-state index in [0.717, 1.165) is 41.5 Å². The number of amides is 2. The van der Waals surface area contributed by atoms with Crippen molar-refractivity contribution in [2.24, 2.45) is 0 Å². The van der Waals surface area contributed by atoms with Crippen LogP contribution in [0.5, 0.6) is 0 Å². The average molecular weight is 553 g/mol. The van der Waals surface area contributed by atoms with E-state index in [4.69, 9.17) is 5.41 Å². The molecule has 7 nitrogen and oxygen atoms in total. The van der Waals surface area contributed by atoms with Gasteiger partial charge in [-0.15, -0.1) is 0 Å². The molecular weight excluding hydrogens is 529 g/mol. The van der Waals surface area contributed by atoms with E-state index in [1.165, 1.54) is 0 Å². The maximum atomic E-state index is 12.8. The molecule has 2 aromatic carbocycles. The molecule has 8 heteroatoms. The molecule has 0 unspecified atom stereocenters. The second kappa shape index (κ2) is 10.6. The number of benzene rings is 2. The summed E-state index contributed by atoms with van der Waals surface area (Å²) in [4.78, 5) is 32.0. The second-order valence-electron chi connectivity index (χ2n) is 7.76. The van der Waals surface area contributed by atoms with Gasteiger partial charge in [0.1, 0.15) is 11.7 Å². The summed E-state index contributed by atoms with van der Waals surface area (Å²) in [5.41, 5.74) is 3.08. The quantitative estimate of drug-likeness (QED) is 0.174. The third kappa shape index (κ3) is 5.57. The Morgan fingerprint density at radius 3 is 2.27 bits per heavy atom. The molecule has 0 radical (unpaired) electrons. The number of nitrogens with zero attached hydrogens (tertiary/aromatic N) is 2. The normalized spacial score (nSPS) is 12.9. The van der Waals surface area contributed by atoms with Crippen molar-refractivity contribution in [3.63, 3.8) is 0 Å². The van der Waals surface area contributed by atoms with Gasteiger partial charge in [0.2, 0.25) is 0 Å². The maximum absolute atomic E-state index is 12.8. The first-order valence-corrected chi connectivity index (χ1v) is 12.2. The Morgan fingerprint density at radius 2 is 1.61 bits per heavy atom. The highest BCUT2D eigenvalue weighted by Crippen LogP contribution is 2.19. The highest BCUT2D eigenvalue weighted by atomic mass is 127. The number of hydrogen-bond acceptors (Lipinski definition) is 4. The van der Waals surface area contributed by atoms with E-state index in [1.54, 1.807) is 60.8 Å². The lowest BCUT2D eigenvalue weighted by molar-refractivity contribution is 0.102.